The number of rotatable bonds is 3. The van der Waals surface area contributed by atoms with Crippen LogP contribution in [-0.4, -0.2) is 40.1 Å². The summed E-state index contributed by atoms with van der Waals surface area (Å²) in [5.74, 6) is -0.785. The van der Waals surface area contributed by atoms with E-state index in [1.807, 2.05) is 19.1 Å². The average Bonchev–Trinajstić information content (AvgIpc) is 2.48. The fourth-order valence-electron chi connectivity index (χ4n) is 2.43. The third kappa shape index (κ3) is 3.51. The van der Waals surface area contributed by atoms with Gasteiger partial charge < -0.3 is 15.3 Å². The molecule has 21 heavy (non-hydrogen) atoms. The number of nitrogens with one attached hydrogen (secondary N) is 1. The van der Waals surface area contributed by atoms with E-state index in [9.17, 15) is 14.7 Å². The number of carbonyl (C=O) groups excluding carboxylic acids is 1. The van der Waals surface area contributed by atoms with E-state index in [0.717, 1.165) is 5.56 Å². The Balaban J connectivity index is 1.89. The number of hydrogen-bond donors (Lipinski definition) is 2. The quantitative estimate of drug-likeness (QED) is 0.892. The van der Waals surface area contributed by atoms with Crippen molar-refractivity contribution in [3.05, 3.63) is 30.1 Å². The molecule has 0 aromatic carbocycles. The summed E-state index contributed by atoms with van der Waals surface area (Å²) in [5.41, 5.74) is 0.277. The van der Waals surface area contributed by atoms with Gasteiger partial charge in [0, 0.05) is 25.5 Å². The molecule has 1 saturated heterocycles. The number of aliphatic carboxylic acids is 1. The number of nitrogens with zero attached hydrogens (tertiary/aromatic N) is 2. The van der Waals surface area contributed by atoms with Gasteiger partial charge in [-0.1, -0.05) is 0 Å². The molecule has 2 amide bonds. The van der Waals surface area contributed by atoms with Gasteiger partial charge >= 0.3 is 12.0 Å². The zero-order valence-electron chi connectivity index (χ0n) is 12.4. The molecule has 1 aliphatic rings. The van der Waals surface area contributed by atoms with E-state index in [2.05, 4.69) is 10.3 Å². The van der Waals surface area contributed by atoms with Crippen LogP contribution in [0.25, 0.3) is 0 Å². The number of aromatic nitrogens is 1. The first-order valence-electron chi connectivity index (χ1n) is 7.11. The Morgan fingerprint density at radius 1 is 1.33 bits per heavy atom. The minimum absolute atomic E-state index is 0.103. The summed E-state index contributed by atoms with van der Waals surface area (Å²) in [6, 6.07) is 3.48. The van der Waals surface area contributed by atoms with Crippen molar-refractivity contribution in [1.29, 1.82) is 0 Å². The van der Waals surface area contributed by atoms with Crippen LogP contribution in [0.2, 0.25) is 0 Å². The summed E-state index contributed by atoms with van der Waals surface area (Å²) in [6.45, 7) is 4.60. The Morgan fingerprint density at radius 3 is 2.43 bits per heavy atom. The Bertz CT molecular complexity index is 510. The summed E-state index contributed by atoms with van der Waals surface area (Å²) in [5, 5.41) is 12.1. The number of piperidine rings is 1. The standard InChI is InChI=1S/C15H21N3O3/c1-11(12-3-7-16-8-4-12)17-14(21)18-9-5-15(2,6-10-18)13(19)20/h3-4,7-8,11H,5-6,9-10H2,1-2H3,(H,17,21)(H,19,20). The van der Waals surface area contributed by atoms with E-state index in [-0.39, 0.29) is 12.1 Å². The summed E-state index contributed by atoms with van der Waals surface area (Å²) < 4.78 is 0. The van der Waals surface area contributed by atoms with Crippen molar-refractivity contribution >= 4 is 12.0 Å². The van der Waals surface area contributed by atoms with Crippen molar-refractivity contribution in [2.24, 2.45) is 5.41 Å². The molecular formula is C15H21N3O3. The molecule has 1 aliphatic heterocycles. The first-order chi connectivity index (χ1) is 9.92. The maximum Gasteiger partial charge on any atom is 0.317 e. The molecule has 0 radical (unpaired) electrons. The van der Waals surface area contributed by atoms with Gasteiger partial charge in [0.05, 0.1) is 11.5 Å². The van der Waals surface area contributed by atoms with Crippen molar-refractivity contribution in [2.45, 2.75) is 32.7 Å². The third-order valence-electron chi connectivity index (χ3n) is 4.22. The van der Waals surface area contributed by atoms with Gasteiger partial charge in [-0.25, -0.2) is 4.79 Å². The van der Waals surface area contributed by atoms with E-state index in [1.54, 1.807) is 24.2 Å². The zero-order valence-corrected chi connectivity index (χ0v) is 12.4. The van der Waals surface area contributed by atoms with Gasteiger partial charge in [-0.05, 0) is 44.4 Å². The van der Waals surface area contributed by atoms with E-state index < -0.39 is 11.4 Å². The van der Waals surface area contributed by atoms with Gasteiger partial charge in [0.1, 0.15) is 0 Å². The van der Waals surface area contributed by atoms with Gasteiger partial charge in [0.2, 0.25) is 0 Å². The fourth-order valence-corrected chi connectivity index (χ4v) is 2.43. The average molecular weight is 291 g/mol. The van der Waals surface area contributed by atoms with Crippen LogP contribution in [0.5, 0.6) is 0 Å². The Morgan fingerprint density at radius 2 is 1.90 bits per heavy atom. The topological polar surface area (TPSA) is 82.5 Å². The van der Waals surface area contributed by atoms with Crippen LogP contribution in [0.3, 0.4) is 0 Å². The number of urea groups is 1. The lowest BCUT2D eigenvalue weighted by molar-refractivity contribution is -0.150. The first-order valence-corrected chi connectivity index (χ1v) is 7.11. The van der Waals surface area contributed by atoms with Crippen LogP contribution >= 0.6 is 0 Å². The number of amides is 2. The second-order valence-electron chi connectivity index (χ2n) is 5.80. The molecule has 6 heteroatoms. The Labute approximate surface area is 124 Å². The van der Waals surface area contributed by atoms with Crippen molar-refractivity contribution < 1.29 is 14.7 Å². The molecule has 1 atom stereocenters. The van der Waals surface area contributed by atoms with E-state index in [0.29, 0.717) is 25.9 Å². The number of hydrogen-bond acceptors (Lipinski definition) is 3. The highest BCUT2D eigenvalue weighted by molar-refractivity contribution is 5.77. The SMILES string of the molecule is CC(NC(=O)N1CCC(C)(C(=O)O)CC1)c1ccncc1. The van der Waals surface area contributed by atoms with Crippen LogP contribution < -0.4 is 5.32 Å². The molecule has 0 saturated carbocycles. The molecule has 6 nitrogen and oxygen atoms in total. The number of pyridine rings is 1. The third-order valence-corrected chi connectivity index (χ3v) is 4.22. The van der Waals surface area contributed by atoms with E-state index in [1.165, 1.54) is 0 Å². The van der Waals surface area contributed by atoms with Gasteiger partial charge in [-0.2, -0.15) is 0 Å². The van der Waals surface area contributed by atoms with Crippen molar-refractivity contribution in [3.63, 3.8) is 0 Å². The van der Waals surface area contributed by atoms with Crippen LogP contribution in [-0.2, 0) is 4.79 Å². The van der Waals surface area contributed by atoms with Crippen LogP contribution in [0.1, 0.15) is 38.3 Å². The minimum Gasteiger partial charge on any atom is -0.481 e. The minimum atomic E-state index is -0.785. The summed E-state index contributed by atoms with van der Waals surface area (Å²) >= 11 is 0. The second-order valence-corrected chi connectivity index (χ2v) is 5.80. The van der Waals surface area contributed by atoms with Gasteiger partial charge in [0.15, 0.2) is 0 Å². The molecule has 1 fully saturated rings. The molecular weight excluding hydrogens is 270 g/mol. The van der Waals surface area contributed by atoms with Crippen LogP contribution in [0.4, 0.5) is 4.79 Å². The maximum absolute atomic E-state index is 12.2. The molecule has 2 heterocycles. The fraction of sp³-hybridized carbons (Fsp3) is 0.533. The zero-order chi connectivity index (χ0) is 15.5. The van der Waals surface area contributed by atoms with Gasteiger partial charge in [-0.15, -0.1) is 0 Å². The molecule has 0 aliphatic carbocycles. The number of likely N-dealkylation sites (tertiary alicyclic amines) is 1. The Kier molecular flexibility index (Phi) is 4.45. The predicted octanol–water partition coefficient (Wildman–Crippen LogP) is 2.04. The van der Waals surface area contributed by atoms with Crippen molar-refractivity contribution in [2.75, 3.05) is 13.1 Å². The van der Waals surface area contributed by atoms with Gasteiger partial charge in [0.25, 0.3) is 0 Å². The molecule has 0 bridgehead atoms. The molecule has 0 spiro atoms. The van der Waals surface area contributed by atoms with Gasteiger partial charge in [-0.3, -0.25) is 9.78 Å². The molecule has 1 unspecified atom stereocenters. The smallest absolute Gasteiger partial charge is 0.317 e. The highest BCUT2D eigenvalue weighted by Gasteiger charge is 2.38. The van der Waals surface area contributed by atoms with Crippen LogP contribution in [0, 0.1) is 5.41 Å². The molecule has 2 rings (SSSR count). The van der Waals surface area contributed by atoms with Crippen LogP contribution in [0.15, 0.2) is 24.5 Å². The summed E-state index contributed by atoms with van der Waals surface area (Å²) in [4.78, 5) is 29.0. The summed E-state index contributed by atoms with van der Waals surface area (Å²) in [7, 11) is 0. The highest BCUT2D eigenvalue weighted by Crippen LogP contribution is 2.31. The predicted molar refractivity (Wildman–Crippen MR) is 77.7 cm³/mol. The van der Waals surface area contributed by atoms with Crippen molar-refractivity contribution in [1.82, 2.24) is 15.2 Å². The summed E-state index contributed by atoms with van der Waals surface area (Å²) in [6.07, 6.45) is 4.35. The lowest BCUT2D eigenvalue weighted by atomic mass is 9.80. The normalized spacial score (nSPS) is 18.9. The largest absolute Gasteiger partial charge is 0.481 e. The maximum atomic E-state index is 12.2. The Hall–Kier alpha value is -2.11. The molecule has 114 valence electrons. The van der Waals surface area contributed by atoms with Crippen molar-refractivity contribution in [3.8, 4) is 0 Å². The lowest BCUT2D eigenvalue weighted by Crippen LogP contribution is -2.49. The lowest BCUT2D eigenvalue weighted by Gasteiger charge is -2.36. The monoisotopic (exact) mass is 291 g/mol. The molecule has 2 N–H and O–H groups in total. The number of carboxylic acid groups (broad SMARTS) is 1. The number of carboxylic acids is 1. The van der Waals surface area contributed by atoms with E-state index >= 15 is 0 Å². The van der Waals surface area contributed by atoms with E-state index in [4.69, 9.17) is 0 Å². The highest BCUT2D eigenvalue weighted by atomic mass is 16.4. The second kappa shape index (κ2) is 6.11. The molecule has 1 aromatic heterocycles. The number of carbonyl (C=O) groups is 2. The first kappa shape index (κ1) is 15.3. The molecule has 1 aromatic rings.